The lowest BCUT2D eigenvalue weighted by atomic mass is 10.3. The quantitative estimate of drug-likeness (QED) is 0.0727. The molecule has 1 heterocycles. The van der Waals surface area contributed by atoms with E-state index in [1.165, 1.54) is 28.8 Å². The molecule has 1 saturated heterocycles. The number of aldehydes is 1. The Kier molecular flexibility index (Phi) is 28.3. The van der Waals surface area contributed by atoms with Gasteiger partial charge in [-0.15, -0.1) is 11.1 Å². The molecule has 4 nitrogen and oxygen atoms in total. The van der Waals surface area contributed by atoms with E-state index in [2.05, 4.69) is 164 Å². The van der Waals surface area contributed by atoms with Gasteiger partial charge in [0.1, 0.15) is 51.8 Å². The van der Waals surface area contributed by atoms with Crippen LogP contribution in [0.25, 0.3) is 0 Å². The van der Waals surface area contributed by atoms with Crippen LogP contribution in [0.1, 0.15) is 38.5 Å². The third-order valence-electron chi connectivity index (χ3n) is 7.24. The third kappa shape index (κ3) is 23.2. The minimum absolute atomic E-state index is 0. The van der Waals surface area contributed by atoms with Crippen molar-refractivity contribution in [1.29, 1.82) is 0 Å². The SMILES string of the molecule is C1CCOC1.COCCC/C=C/C#C[Si](C)(C)C.COCCCC=O.C[Si](C)(C)C#CC[P+](c1ccccc1)(c1ccccc1)c1ccccc1.[Br-]. The molecule has 0 spiro atoms. The molecular weight excluding hydrogens is 760 g/mol. The smallest absolute Gasteiger partial charge is 0.133 e. The zero-order valence-electron chi connectivity index (χ0n) is 33.1. The monoisotopic (exact) mass is 822 g/mol. The van der Waals surface area contributed by atoms with E-state index in [-0.39, 0.29) is 17.0 Å². The number of carbonyl (C=O) groups is 1. The molecule has 1 aliphatic heterocycles. The van der Waals surface area contributed by atoms with Gasteiger partial charge in [0, 0.05) is 47.1 Å². The number of halogens is 1. The van der Waals surface area contributed by atoms with E-state index in [4.69, 9.17) is 9.47 Å². The van der Waals surface area contributed by atoms with Crippen molar-refractivity contribution in [3.63, 3.8) is 0 Å². The molecule has 3 aromatic rings. The molecule has 0 N–H and O–H groups in total. The molecule has 0 amide bonds. The van der Waals surface area contributed by atoms with Gasteiger partial charge in [0.25, 0.3) is 0 Å². The topological polar surface area (TPSA) is 44.8 Å². The average molecular weight is 824 g/mol. The second-order valence-electron chi connectivity index (χ2n) is 14.2. The molecule has 0 bridgehead atoms. The summed E-state index contributed by atoms with van der Waals surface area (Å²) in [5, 5.41) is 4.21. The van der Waals surface area contributed by atoms with E-state index in [1.807, 2.05) is 6.08 Å². The molecule has 8 heteroatoms. The lowest BCUT2D eigenvalue weighted by molar-refractivity contribution is -0.108. The number of benzene rings is 3. The number of rotatable bonds is 12. The van der Waals surface area contributed by atoms with Crippen LogP contribution in [0, 0.1) is 22.9 Å². The van der Waals surface area contributed by atoms with Crippen molar-refractivity contribution in [3.05, 3.63) is 103 Å². The van der Waals surface area contributed by atoms with Crippen LogP contribution in [0.5, 0.6) is 0 Å². The minimum Gasteiger partial charge on any atom is -1.00 e. The van der Waals surface area contributed by atoms with Crippen molar-refractivity contribution in [2.45, 2.75) is 77.8 Å². The van der Waals surface area contributed by atoms with Gasteiger partial charge in [-0.3, -0.25) is 0 Å². The first kappa shape index (κ1) is 49.4. The van der Waals surface area contributed by atoms with Crippen LogP contribution >= 0.6 is 7.26 Å². The number of ether oxygens (including phenoxy) is 3. The molecule has 0 saturated carbocycles. The summed E-state index contributed by atoms with van der Waals surface area (Å²) in [6.45, 7) is 17.2. The first-order valence-corrected chi connectivity index (χ1v) is 27.2. The Morgan fingerprint density at radius 2 is 1.10 bits per heavy atom. The fourth-order valence-electron chi connectivity index (χ4n) is 4.76. The molecule has 0 aliphatic carbocycles. The van der Waals surface area contributed by atoms with E-state index in [0.29, 0.717) is 13.0 Å². The second-order valence-corrected chi connectivity index (χ2v) is 27.2. The summed E-state index contributed by atoms with van der Waals surface area (Å²) in [7, 11) is -1.00. The summed E-state index contributed by atoms with van der Waals surface area (Å²) in [4.78, 5) is 9.62. The maximum atomic E-state index is 9.62. The van der Waals surface area contributed by atoms with E-state index in [1.54, 1.807) is 14.2 Å². The van der Waals surface area contributed by atoms with Crippen molar-refractivity contribution >= 4 is 45.6 Å². The van der Waals surface area contributed by atoms with Crippen molar-refractivity contribution < 1.29 is 36.0 Å². The Bertz CT molecular complexity index is 1360. The van der Waals surface area contributed by atoms with E-state index < -0.39 is 23.4 Å². The Labute approximate surface area is 330 Å². The van der Waals surface area contributed by atoms with Crippen LogP contribution in [0.3, 0.4) is 0 Å². The Balaban J connectivity index is 0.000000828. The Morgan fingerprint density at radius 3 is 1.44 bits per heavy atom. The minimum atomic E-state index is -1.79. The van der Waals surface area contributed by atoms with Gasteiger partial charge in [-0.05, 0) is 74.6 Å². The number of hydrogen-bond acceptors (Lipinski definition) is 4. The molecule has 0 atom stereocenters. The molecule has 0 unspecified atom stereocenters. The first-order chi connectivity index (χ1) is 24.5. The summed E-state index contributed by atoms with van der Waals surface area (Å²) < 4.78 is 14.6. The van der Waals surface area contributed by atoms with Crippen molar-refractivity contribution in [3.8, 4) is 22.9 Å². The van der Waals surface area contributed by atoms with Gasteiger partial charge in [0.05, 0.1) is 0 Å². The van der Waals surface area contributed by atoms with E-state index in [9.17, 15) is 4.79 Å². The second kappa shape index (κ2) is 29.8. The van der Waals surface area contributed by atoms with Crippen molar-refractivity contribution in [2.75, 3.05) is 46.8 Å². The molecule has 52 heavy (non-hydrogen) atoms. The van der Waals surface area contributed by atoms with E-state index >= 15 is 0 Å². The summed E-state index contributed by atoms with van der Waals surface area (Å²) in [6, 6.07) is 32.9. The first-order valence-electron chi connectivity index (χ1n) is 18.2. The van der Waals surface area contributed by atoms with Gasteiger partial charge in [-0.1, -0.05) is 112 Å². The molecular formula is C44H64BrO4PSi2. The molecule has 3 aromatic carbocycles. The number of methoxy groups -OCH3 is 2. The lowest BCUT2D eigenvalue weighted by Crippen LogP contribution is -3.00. The van der Waals surface area contributed by atoms with Gasteiger partial charge in [0.15, 0.2) is 0 Å². The van der Waals surface area contributed by atoms with Crippen molar-refractivity contribution in [1.82, 2.24) is 0 Å². The Hall–Kier alpha value is -2.59. The number of carbonyl (C=O) groups excluding carboxylic acids is 1. The van der Waals surface area contributed by atoms with Gasteiger partial charge in [0.2, 0.25) is 0 Å². The number of allylic oxidation sites excluding steroid dienone is 2. The maximum absolute atomic E-state index is 9.62. The highest BCUT2D eigenvalue weighted by atomic mass is 79.9. The summed E-state index contributed by atoms with van der Waals surface area (Å²) in [5.41, 5.74) is 6.89. The molecule has 0 radical (unpaired) electrons. The third-order valence-corrected chi connectivity index (χ3v) is 13.2. The molecule has 4 rings (SSSR count). The predicted molar refractivity (Wildman–Crippen MR) is 230 cm³/mol. The summed E-state index contributed by atoms with van der Waals surface area (Å²) >= 11 is 0. The zero-order valence-corrected chi connectivity index (χ0v) is 37.6. The Morgan fingerprint density at radius 1 is 0.673 bits per heavy atom. The predicted octanol–water partition coefficient (Wildman–Crippen LogP) is 6.12. The maximum Gasteiger partial charge on any atom is 0.133 e. The fraction of sp³-hybridized carbons (Fsp3) is 0.432. The van der Waals surface area contributed by atoms with E-state index in [0.717, 1.165) is 51.5 Å². The average Bonchev–Trinajstić information content (AvgIpc) is 3.72. The number of hydrogen-bond donors (Lipinski definition) is 0. The molecule has 0 aromatic heterocycles. The van der Waals surface area contributed by atoms with Crippen LogP contribution in [0.4, 0.5) is 0 Å². The molecule has 1 aliphatic rings. The van der Waals surface area contributed by atoms with Gasteiger partial charge < -0.3 is 36.0 Å². The summed E-state index contributed by atoms with van der Waals surface area (Å²) in [6.07, 6.45) is 12.1. The zero-order chi connectivity index (χ0) is 37.7. The fourth-order valence-corrected chi connectivity index (χ4v) is 9.84. The highest BCUT2D eigenvalue weighted by Crippen LogP contribution is 2.54. The molecule has 1 fully saturated rings. The van der Waals surface area contributed by atoms with Gasteiger partial charge in [-0.25, -0.2) is 0 Å². The number of unbranched alkanes of at least 4 members (excludes halogenated alkanes) is 2. The van der Waals surface area contributed by atoms with Crippen LogP contribution < -0.4 is 32.9 Å². The van der Waals surface area contributed by atoms with Crippen LogP contribution in [-0.2, 0) is 19.0 Å². The van der Waals surface area contributed by atoms with Crippen LogP contribution in [0.2, 0.25) is 39.3 Å². The van der Waals surface area contributed by atoms with Gasteiger partial charge in [-0.2, -0.15) is 0 Å². The normalized spacial score (nSPS) is 12.1. The van der Waals surface area contributed by atoms with Crippen molar-refractivity contribution in [2.24, 2.45) is 0 Å². The largest absolute Gasteiger partial charge is 1.00 e. The van der Waals surface area contributed by atoms with Gasteiger partial charge >= 0.3 is 0 Å². The highest BCUT2D eigenvalue weighted by Gasteiger charge is 2.44. The van der Waals surface area contributed by atoms with Crippen LogP contribution in [-0.4, -0.2) is 69.2 Å². The lowest BCUT2D eigenvalue weighted by Gasteiger charge is -2.25. The standard InChI is InChI=1S/C24H26PSi.C11H20OSi.C5H10O2.C4H8O.BrH/c1-26(2,3)21-13-20-25(22-14-7-4-8-15-22,23-16-9-5-10-17-23)24-18-11-6-12-19-24;1-12-10-8-6-5-7-9-11-13(2,3)4;1-7-5-3-2-4-6;1-2-4-5-3-1;/h4-12,14-19H,20H2,1-3H3;5,7H,6,8,10H2,1-4H3;4H,2-3,5H2,1H3;1-4H2;1H/q+1;;;;/p-1/b;7-5+;;;. The summed E-state index contributed by atoms with van der Waals surface area (Å²) in [5.74, 6) is 6.72. The van der Waals surface area contributed by atoms with Crippen LogP contribution in [0.15, 0.2) is 103 Å². The molecule has 284 valence electrons. The highest BCUT2D eigenvalue weighted by molar-refractivity contribution is 7.95.